The number of rotatable bonds is 6. The smallest absolute Gasteiger partial charge is 0.340 e. The van der Waals surface area contributed by atoms with Crippen molar-refractivity contribution in [2.75, 3.05) is 21.3 Å². The van der Waals surface area contributed by atoms with E-state index in [9.17, 15) is 4.79 Å². The number of hydrogen-bond acceptors (Lipinski definition) is 5. The fourth-order valence-electron chi connectivity index (χ4n) is 4.45. The van der Waals surface area contributed by atoms with Gasteiger partial charge in [-0.1, -0.05) is 31.2 Å². The normalized spacial score (nSPS) is 14.0. The van der Waals surface area contributed by atoms with Crippen LogP contribution >= 0.6 is 0 Å². The van der Waals surface area contributed by atoms with Gasteiger partial charge in [-0.25, -0.2) is 4.79 Å². The summed E-state index contributed by atoms with van der Waals surface area (Å²) in [7, 11) is 4.74. The van der Waals surface area contributed by atoms with Crippen molar-refractivity contribution in [3.8, 4) is 22.6 Å². The fraction of sp³-hybridized carbons (Fsp3) is 0.286. The van der Waals surface area contributed by atoms with E-state index in [1.54, 1.807) is 14.2 Å². The van der Waals surface area contributed by atoms with Crippen LogP contribution in [0.1, 0.15) is 52.6 Å². The number of pyridine rings is 1. The molecule has 3 aromatic rings. The molecule has 0 saturated carbocycles. The highest BCUT2D eigenvalue weighted by molar-refractivity contribution is 6.01. The lowest BCUT2D eigenvalue weighted by molar-refractivity contribution is 0.0599. The second-order valence-electron chi connectivity index (χ2n) is 8.01. The van der Waals surface area contributed by atoms with Gasteiger partial charge < -0.3 is 14.2 Å². The molecular formula is C28H29NO4. The highest BCUT2D eigenvalue weighted by atomic mass is 16.5. The number of fused-ring (bicyclic) bond motifs is 1. The molecule has 170 valence electrons. The molecule has 0 atom stereocenters. The summed E-state index contributed by atoms with van der Waals surface area (Å²) in [6.07, 6.45) is 5.62. The van der Waals surface area contributed by atoms with Crippen LogP contribution in [0.2, 0.25) is 0 Å². The maximum atomic E-state index is 12.9. The van der Waals surface area contributed by atoms with Gasteiger partial charge in [0.15, 0.2) is 0 Å². The fourth-order valence-corrected chi connectivity index (χ4v) is 4.45. The van der Waals surface area contributed by atoms with Gasteiger partial charge >= 0.3 is 5.97 Å². The third-order valence-corrected chi connectivity index (χ3v) is 6.11. The first-order chi connectivity index (χ1) is 16.1. The van der Waals surface area contributed by atoms with E-state index in [-0.39, 0.29) is 5.97 Å². The number of methoxy groups -OCH3 is 3. The summed E-state index contributed by atoms with van der Waals surface area (Å²) in [5.41, 5.74) is 7.57. The first-order valence-corrected chi connectivity index (χ1v) is 11.2. The standard InChI is InChI=1S/C28H29NO4/c1-5-24-26(28(30)33-4)25(19-11-15-22(32-3)16-12-19)23-8-6-7-20(27(23)29-24)17-18-9-13-21(31-2)14-10-18/h9-17H,5-8H2,1-4H3/b20-17+. The summed E-state index contributed by atoms with van der Waals surface area (Å²) < 4.78 is 15.8. The zero-order chi connectivity index (χ0) is 23.4. The second kappa shape index (κ2) is 9.90. The monoisotopic (exact) mass is 443 g/mol. The Morgan fingerprint density at radius 2 is 1.58 bits per heavy atom. The second-order valence-corrected chi connectivity index (χ2v) is 8.01. The van der Waals surface area contributed by atoms with Gasteiger partial charge in [0.1, 0.15) is 11.5 Å². The molecule has 1 aliphatic rings. The molecule has 0 spiro atoms. The van der Waals surface area contributed by atoms with Crippen molar-refractivity contribution in [1.29, 1.82) is 0 Å². The zero-order valence-corrected chi connectivity index (χ0v) is 19.6. The van der Waals surface area contributed by atoms with Gasteiger partial charge in [-0.05, 0) is 78.3 Å². The Morgan fingerprint density at radius 1 is 0.939 bits per heavy atom. The van der Waals surface area contributed by atoms with E-state index in [4.69, 9.17) is 19.2 Å². The summed E-state index contributed by atoms with van der Waals surface area (Å²) in [5.74, 6) is 1.26. The Morgan fingerprint density at radius 3 is 2.15 bits per heavy atom. The average molecular weight is 444 g/mol. The van der Waals surface area contributed by atoms with Crippen LogP contribution in [0.5, 0.6) is 11.5 Å². The van der Waals surface area contributed by atoms with Crippen LogP contribution in [0.25, 0.3) is 22.8 Å². The van der Waals surface area contributed by atoms with E-state index in [0.29, 0.717) is 12.0 Å². The number of nitrogens with zero attached hydrogens (tertiary/aromatic N) is 1. The zero-order valence-electron chi connectivity index (χ0n) is 19.6. The van der Waals surface area contributed by atoms with Crippen LogP contribution in [-0.4, -0.2) is 32.3 Å². The van der Waals surface area contributed by atoms with E-state index >= 15 is 0 Å². The van der Waals surface area contributed by atoms with Gasteiger partial charge in [-0.15, -0.1) is 0 Å². The van der Waals surface area contributed by atoms with E-state index in [0.717, 1.165) is 64.4 Å². The van der Waals surface area contributed by atoms with Gasteiger partial charge in [0.2, 0.25) is 0 Å². The number of carbonyl (C=O) groups excluding carboxylic acids is 1. The first kappa shape index (κ1) is 22.6. The summed E-state index contributed by atoms with van der Waals surface area (Å²) in [5, 5.41) is 0. The molecule has 5 heteroatoms. The quantitative estimate of drug-likeness (QED) is 0.438. The molecule has 1 aromatic heterocycles. The van der Waals surface area contributed by atoms with E-state index in [2.05, 4.69) is 6.08 Å². The van der Waals surface area contributed by atoms with Crippen LogP contribution in [0.4, 0.5) is 0 Å². The van der Waals surface area contributed by atoms with Gasteiger partial charge in [0.25, 0.3) is 0 Å². The largest absolute Gasteiger partial charge is 0.497 e. The van der Waals surface area contributed by atoms with Crippen LogP contribution in [-0.2, 0) is 17.6 Å². The molecule has 33 heavy (non-hydrogen) atoms. The van der Waals surface area contributed by atoms with Crippen molar-refractivity contribution < 1.29 is 19.0 Å². The number of ether oxygens (including phenoxy) is 3. The Bertz CT molecular complexity index is 1180. The molecular weight excluding hydrogens is 414 g/mol. The number of esters is 1. The van der Waals surface area contributed by atoms with E-state index < -0.39 is 0 Å². The van der Waals surface area contributed by atoms with Crippen molar-refractivity contribution in [3.05, 3.63) is 76.6 Å². The first-order valence-electron chi connectivity index (χ1n) is 11.2. The number of aromatic nitrogens is 1. The molecule has 0 aliphatic heterocycles. The molecule has 2 aromatic carbocycles. The molecule has 0 amide bonds. The molecule has 1 aliphatic carbocycles. The Labute approximate surface area is 195 Å². The number of carbonyl (C=O) groups is 1. The summed E-state index contributed by atoms with van der Waals surface area (Å²) in [6, 6.07) is 15.9. The van der Waals surface area contributed by atoms with Crippen molar-refractivity contribution in [3.63, 3.8) is 0 Å². The lowest BCUT2D eigenvalue weighted by Gasteiger charge is -2.25. The van der Waals surface area contributed by atoms with Gasteiger partial charge in [0, 0.05) is 5.56 Å². The van der Waals surface area contributed by atoms with E-state index in [1.165, 1.54) is 12.7 Å². The molecule has 5 nitrogen and oxygen atoms in total. The molecule has 0 radical (unpaired) electrons. The maximum absolute atomic E-state index is 12.9. The molecule has 0 unspecified atom stereocenters. The SMILES string of the molecule is CCc1nc2c(c(-c3ccc(OC)cc3)c1C(=O)OC)CCC/C2=C\c1ccc(OC)cc1. The van der Waals surface area contributed by atoms with Crippen molar-refractivity contribution in [2.24, 2.45) is 0 Å². The van der Waals surface area contributed by atoms with Crippen LogP contribution in [0, 0.1) is 0 Å². The predicted molar refractivity (Wildman–Crippen MR) is 131 cm³/mol. The van der Waals surface area contributed by atoms with Gasteiger partial charge in [0.05, 0.1) is 38.3 Å². The number of aryl methyl sites for hydroxylation is 1. The Balaban J connectivity index is 1.94. The van der Waals surface area contributed by atoms with Crippen LogP contribution in [0.3, 0.4) is 0 Å². The van der Waals surface area contributed by atoms with Gasteiger partial charge in [-0.2, -0.15) is 0 Å². The maximum Gasteiger partial charge on any atom is 0.340 e. The minimum atomic E-state index is -0.348. The summed E-state index contributed by atoms with van der Waals surface area (Å²) in [6.45, 7) is 2.02. The molecule has 0 saturated heterocycles. The third kappa shape index (κ3) is 4.49. The molecule has 0 bridgehead atoms. The van der Waals surface area contributed by atoms with Crippen molar-refractivity contribution in [2.45, 2.75) is 32.6 Å². The van der Waals surface area contributed by atoms with Gasteiger partial charge in [-0.3, -0.25) is 4.98 Å². The van der Waals surface area contributed by atoms with Crippen molar-refractivity contribution in [1.82, 2.24) is 4.98 Å². The number of benzene rings is 2. The molecule has 1 heterocycles. The highest BCUT2D eigenvalue weighted by Crippen LogP contribution is 2.40. The third-order valence-electron chi connectivity index (χ3n) is 6.11. The number of hydrogen-bond donors (Lipinski definition) is 0. The van der Waals surface area contributed by atoms with E-state index in [1.807, 2.05) is 55.5 Å². The molecule has 0 fully saturated rings. The summed E-state index contributed by atoms with van der Waals surface area (Å²) >= 11 is 0. The van der Waals surface area contributed by atoms with Crippen LogP contribution in [0.15, 0.2) is 48.5 Å². The Kier molecular flexibility index (Phi) is 6.78. The minimum absolute atomic E-state index is 0.348. The minimum Gasteiger partial charge on any atom is -0.497 e. The topological polar surface area (TPSA) is 57.7 Å². The van der Waals surface area contributed by atoms with Crippen molar-refractivity contribution >= 4 is 17.6 Å². The summed E-state index contributed by atoms with van der Waals surface area (Å²) in [4.78, 5) is 17.9. The molecule has 0 N–H and O–H groups in total. The lowest BCUT2D eigenvalue weighted by Crippen LogP contribution is -2.16. The Hall–Kier alpha value is -3.60. The number of allylic oxidation sites excluding steroid dienone is 1. The molecule has 4 rings (SSSR count). The van der Waals surface area contributed by atoms with Crippen LogP contribution < -0.4 is 9.47 Å². The lowest BCUT2D eigenvalue weighted by atomic mass is 9.82. The average Bonchev–Trinajstić information content (AvgIpc) is 2.87. The predicted octanol–water partition coefficient (Wildman–Crippen LogP) is 5.99. The highest BCUT2D eigenvalue weighted by Gasteiger charge is 2.28.